The van der Waals surface area contributed by atoms with Crippen LogP contribution in [0.5, 0.6) is 0 Å². The van der Waals surface area contributed by atoms with E-state index < -0.39 is 65.0 Å². The number of hydrogen-bond acceptors (Lipinski definition) is 12. The molecule has 5 bridgehead atoms. The predicted molar refractivity (Wildman–Crippen MR) is 191 cm³/mol. The molecule has 4 fully saturated rings. The molecule has 4 saturated heterocycles. The Hall–Kier alpha value is -3.23. The summed E-state index contributed by atoms with van der Waals surface area (Å²) < 4.78 is 37.4. The first-order valence-corrected chi connectivity index (χ1v) is 19.1. The highest BCUT2D eigenvalue weighted by molar-refractivity contribution is 5.92. The highest BCUT2D eigenvalue weighted by Crippen LogP contribution is 2.53. The number of Topliss-reactive ketones (excluding diaryl/α,β-unsaturated/α-hetero) is 2. The third-order valence-electron chi connectivity index (χ3n) is 11.6. The fourth-order valence-electron chi connectivity index (χ4n) is 8.13. The maximum atomic E-state index is 13.6. The number of ketones is 2. The first-order chi connectivity index (χ1) is 25.0. The maximum absolute atomic E-state index is 13.6. The molecule has 53 heavy (non-hydrogen) atoms. The quantitative estimate of drug-likeness (QED) is 0.213. The Morgan fingerprint density at radius 3 is 2.49 bits per heavy atom. The van der Waals surface area contributed by atoms with Crippen LogP contribution in [0.15, 0.2) is 36.1 Å². The Balaban J connectivity index is 1.41. The highest BCUT2D eigenvalue weighted by atomic mass is 16.7. The minimum atomic E-state index is -1.86. The highest BCUT2D eigenvalue weighted by Gasteiger charge is 2.62. The van der Waals surface area contributed by atoms with E-state index in [0.29, 0.717) is 44.9 Å². The predicted octanol–water partition coefficient (Wildman–Crippen LogP) is 4.48. The number of nitrogens with one attached hydrogen (secondary N) is 1. The molecular weight excluding hydrogens is 686 g/mol. The van der Waals surface area contributed by atoms with Gasteiger partial charge in [0.2, 0.25) is 5.91 Å². The van der Waals surface area contributed by atoms with Crippen LogP contribution in [-0.4, -0.2) is 94.2 Å². The monoisotopic (exact) mass is 743 g/mol. The standard InChI is InChI=1S/C40H57NO12/c1-8-12-33(45)41-18-11-9-10-13-30-29(44)19-23(2)28(43)22-27-20-25(4)40(51-27)17-16-38(6)32(53-40)15-14-31(52-38)35-36(50-35)37(48-26(5)42)39(7,47)24(3)21-34(46)49-30/h9-11,18,21,23,25,27,30-32,35-37,47H,8,12-17,19-20,22H2,1-7H3,(H,41,45)/b10-9+,18-11-,24-21+/t23-,25+,27-,30+,31+,32-,35+,36-,37-,38+,39-,40-/m1/s1. The molecule has 12 atom stereocenters. The van der Waals surface area contributed by atoms with Gasteiger partial charge in [-0.05, 0) is 64.5 Å². The van der Waals surface area contributed by atoms with Crippen LogP contribution in [0.25, 0.3) is 0 Å². The van der Waals surface area contributed by atoms with Crippen molar-refractivity contribution in [3.63, 3.8) is 0 Å². The summed E-state index contributed by atoms with van der Waals surface area (Å²) in [5.74, 6) is -3.70. The molecule has 294 valence electrons. The zero-order valence-corrected chi connectivity index (χ0v) is 32.1. The molecule has 0 saturated carbocycles. The first-order valence-electron chi connectivity index (χ1n) is 19.1. The van der Waals surface area contributed by atoms with E-state index in [1.54, 1.807) is 25.2 Å². The number of amides is 1. The zero-order chi connectivity index (χ0) is 38.7. The van der Waals surface area contributed by atoms with Crippen molar-refractivity contribution in [3.05, 3.63) is 36.1 Å². The van der Waals surface area contributed by atoms with Crippen LogP contribution < -0.4 is 5.32 Å². The van der Waals surface area contributed by atoms with E-state index in [0.717, 1.165) is 6.08 Å². The number of allylic oxidation sites excluding steroid dienone is 2. The number of rotatable bonds is 7. The second-order valence-electron chi connectivity index (χ2n) is 15.9. The van der Waals surface area contributed by atoms with E-state index in [-0.39, 0.29) is 60.8 Å². The summed E-state index contributed by atoms with van der Waals surface area (Å²) in [5.41, 5.74) is -2.35. The van der Waals surface area contributed by atoms with Gasteiger partial charge in [0, 0.05) is 63.1 Å². The molecule has 0 aromatic heterocycles. The molecular formula is C40H57NO12. The van der Waals surface area contributed by atoms with Crippen molar-refractivity contribution in [1.82, 2.24) is 5.32 Å². The SMILES string of the molecule is CCCC(=O)N/C=C\C=C\C[C@@H]1OC(=O)/C=C(\C)[C@@](C)(O)[C@H](OC(C)=O)[C@@H]2O[C@H]2[C@@H]2CC[C@H]3O[C@@]4(CC[C@]3(C)O2)O[C@@H](CC(=O)[C@H](C)CC1=O)C[C@@H]4C. The second kappa shape index (κ2) is 16.6. The van der Waals surface area contributed by atoms with Gasteiger partial charge >= 0.3 is 11.9 Å². The van der Waals surface area contributed by atoms with Gasteiger partial charge in [-0.2, -0.15) is 0 Å². The third-order valence-corrected chi connectivity index (χ3v) is 11.6. The number of epoxide rings is 1. The van der Waals surface area contributed by atoms with Crippen molar-refractivity contribution >= 4 is 29.4 Å². The van der Waals surface area contributed by atoms with Gasteiger partial charge in [0.15, 0.2) is 23.8 Å². The van der Waals surface area contributed by atoms with Gasteiger partial charge in [-0.1, -0.05) is 32.9 Å². The minimum absolute atomic E-state index is 0.000260. The molecule has 0 aromatic rings. The van der Waals surface area contributed by atoms with Crippen molar-refractivity contribution in [2.75, 3.05) is 0 Å². The number of carbonyl (C=O) groups excluding carboxylic acids is 5. The van der Waals surface area contributed by atoms with Crippen molar-refractivity contribution in [2.45, 2.75) is 172 Å². The minimum Gasteiger partial charge on any atom is -0.456 e. The maximum Gasteiger partial charge on any atom is 0.331 e. The lowest BCUT2D eigenvalue weighted by molar-refractivity contribution is -0.344. The van der Waals surface area contributed by atoms with E-state index in [1.165, 1.54) is 27.0 Å². The van der Waals surface area contributed by atoms with Gasteiger partial charge in [0.05, 0.1) is 23.9 Å². The van der Waals surface area contributed by atoms with Crippen molar-refractivity contribution in [2.24, 2.45) is 11.8 Å². The Morgan fingerprint density at radius 1 is 1.02 bits per heavy atom. The molecule has 0 aromatic carbocycles. The van der Waals surface area contributed by atoms with Crippen LogP contribution in [0, 0.1) is 11.8 Å². The summed E-state index contributed by atoms with van der Waals surface area (Å²) in [6.07, 6.45) is 7.07. The number of esters is 2. The first kappa shape index (κ1) is 40.9. The molecule has 7 heterocycles. The number of hydrogen-bond donors (Lipinski definition) is 2. The molecule has 0 unspecified atom stereocenters. The van der Waals surface area contributed by atoms with Gasteiger partial charge < -0.3 is 38.8 Å². The van der Waals surface area contributed by atoms with E-state index in [9.17, 15) is 29.1 Å². The van der Waals surface area contributed by atoms with Crippen LogP contribution >= 0.6 is 0 Å². The van der Waals surface area contributed by atoms with Crippen LogP contribution in [0.1, 0.15) is 113 Å². The average Bonchev–Trinajstić information content (AvgIpc) is 3.82. The number of carbonyl (C=O) groups is 5. The Morgan fingerprint density at radius 2 is 1.77 bits per heavy atom. The zero-order valence-electron chi connectivity index (χ0n) is 32.1. The molecule has 1 spiro atoms. The summed E-state index contributed by atoms with van der Waals surface area (Å²) in [7, 11) is 0. The number of aliphatic hydroxyl groups is 1. The van der Waals surface area contributed by atoms with Crippen LogP contribution in [0.2, 0.25) is 0 Å². The summed E-state index contributed by atoms with van der Waals surface area (Å²) in [5, 5.41) is 14.5. The molecule has 2 N–H and O–H groups in total. The van der Waals surface area contributed by atoms with Crippen LogP contribution in [0.3, 0.4) is 0 Å². The Bertz CT molecular complexity index is 1500. The number of ether oxygens (including phenoxy) is 6. The smallest absolute Gasteiger partial charge is 0.331 e. The third kappa shape index (κ3) is 9.54. The second-order valence-corrected chi connectivity index (χ2v) is 15.9. The lowest BCUT2D eigenvalue weighted by Gasteiger charge is -2.53. The lowest BCUT2D eigenvalue weighted by atomic mass is 9.78. The van der Waals surface area contributed by atoms with E-state index in [1.807, 2.05) is 13.8 Å². The fraction of sp³-hybridized carbons (Fsp3) is 0.725. The van der Waals surface area contributed by atoms with Gasteiger partial charge in [-0.3, -0.25) is 19.2 Å². The molecule has 7 aliphatic heterocycles. The Kier molecular flexibility index (Phi) is 12.9. The summed E-state index contributed by atoms with van der Waals surface area (Å²) in [6, 6.07) is 0. The van der Waals surface area contributed by atoms with Crippen molar-refractivity contribution < 1.29 is 57.5 Å². The summed E-state index contributed by atoms with van der Waals surface area (Å²) in [6.45, 7) is 11.9. The van der Waals surface area contributed by atoms with Gasteiger partial charge in [0.25, 0.3) is 0 Å². The van der Waals surface area contributed by atoms with E-state index in [4.69, 9.17) is 28.4 Å². The van der Waals surface area contributed by atoms with E-state index in [2.05, 4.69) is 12.2 Å². The van der Waals surface area contributed by atoms with Crippen molar-refractivity contribution in [3.8, 4) is 0 Å². The average molecular weight is 744 g/mol. The molecule has 13 nitrogen and oxygen atoms in total. The summed E-state index contributed by atoms with van der Waals surface area (Å²) in [4.78, 5) is 64.5. The summed E-state index contributed by atoms with van der Waals surface area (Å²) >= 11 is 0. The van der Waals surface area contributed by atoms with Gasteiger partial charge in [0.1, 0.15) is 23.6 Å². The van der Waals surface area contributed by atoms with Gasteiger partial charge in [-0.15, -0.1) is 0 Å². The van der Waals surface area contributed by atoms with Crippen LogP contribution in [0.4, 0.5) is 0 Å². The molecule has 13 heteroatoms. The number of fused-ring (bicyclic) bond motifs is 2. The normalized spacial score (nSPS) is 42.0. The Labute approximate surface area is 312 Å². The van der Waals surface area contributed by atoms with Crippen LogP contribution in [-0.2, 0) is 52.4 Å². The molecule has 1 amide bonds. The van der Waals surface area contributed by atoms with Crippen molar-refractivity contribution in [1.29, 1.82) is 0 Å². The molecule has 0 aliphatic carbocycles. The lowest BCUT2D eigenvalue weighted by Crippen LogP contribution is -2.60. The topological polar surface area (TPSA) is 176 Å². The molecule has 7 aliphatic rings. The van der Waals surface area contributed by atoms with Gasteiger partial charge in [-0.25, -0.2) is 4.79 Å². The molecule has 0 radical (unpaired) electrons. The largest absolute Gasteiger partial charge is 0.456 e. The molecule has 7 rings (SSSR count). The van der Waals surface area contributed by atoms with E-state index >= 15 is 0 Å². The fourth-order valence-corrected chi connectivity index (χ4v) is 8.13.